The van der Waals surface area contributed by atoms with Crippen molar-refractivity contribution in [2.75, 3.05) is 6.54 Å². The van der Waals surface area contributed by atoms with Crippen molar-refractivity contribution in [3.63, 3.8) is 0 Å². The summed E-state index contributed by atoms with van der Waals surface area (Å²) in [5.41, 5.74) is -1.92. The summed E-state index contributed by atoms with van der Waals surface area (Å²) in [6, 6.07) is 0. The summed E-state index contributed by atoms with van der Waals surface area (Å²) in [6.45, 7) is 4.28. The Labute approximate surface area is 97.4 Å². The Morgan fingerprint density at radius 1 is 1.38 bits per heavy atom. The highest BCUT2D eigenvalue weighted by Gasteiger charge is 2.56. The number of carbonyl (C=O) groups excluding carboxylic acids is 1. The quantitative estimate of drug-likeness (QED) is 0.513. The molecular formula is C7H11ClNO6S-. The molecule has 0 saturated carbocycles. The van der Waals surface area contributed by atoms with Gasteiger partial charge in [0.15, 0.2) is 11.7 Å². The van der Waals surface area contributed by atoms with E-state index in [4.69, 9.17) is 20.5 Å². The van der Waals surface area contributed by atoms with Crippen LogP contribution >= 0.6 is 10.7 Å². The van der Waals surface area contributed by atoms with Gasteiger partial charge in [-0.2, -0.15) is 8.42 Å². The van der Waals surface area contributed by atoms with Gasteiger partial charge < -0.3 is 9.90 Å². The lowest BCUT2D eigenvalue weighted by Gasteiger charge is -2.52. The first-order chi connectivity index (χ1) is 7.00. The lowest BCUT2D eigenvalue weighted by atomic mass is 9.86. The largest absolute Gasteiger partial charge is 0.529 e. The van der Waals surface area contributed by atoms with Crippen LogP contribution in [0.1, 0.15) is 20.8 Å². The fourth-order valence-corrected chi connectivity index (χ4v) is 1.97. The van der Waals surface area contributed by atoms with Crippen molar-refractivity contribution < 1.29 is 28.1 Å². The zero-order valence-electron chi connectivity index (χ0n) is 8.89. The van der Waals surface area contributed by atoms with Crippen LogP contribution < -0.4 is 5.11 Å². The zero-order chi connectivity index (χ0) is 12.8. The number of carboxylic acid groups (broad SMARTS) is 1. The average Bonchev–Trinajstić information content (AvgIpc) is 2.09. The van der Waals surface area contributed by atoms with Gasteiger partial charge in [-0.15, -0.1) is 0 Å². The van der Waals surface area contributed by atoms with E-state index < -0.39 is 33.1 Å². The Morgan fingerprint density at radius 2 is 1.88 bits per heavy atom. The van der Waals surface area contributed by atoms with Gasteiger partial charge in [0, 0.05) is 10.7 Å². The molecule has 0 aromatic heterocycles. The predicted molar refractivity (Wildman–Crippen MR) is 51.5 cm³/mol. The molecule has 1 aliphatic heterocycles. The molecule has 0 aliphatic carbocycles. The molecule has 9 heteroatoms. The molecule has 94 valence electrons. The van der Waals surface area contributed by atoms with Gasteiger partial charge in [-0.05, 0) is 20.8 Å². The number of hydrogen-bond donors (Lipinski definition) is 0. The number of amides is 1. The highest BCUT2D eigenvalue weighted by molar-refractivity contribution is 8.12. The van der Waals surface area contributed by atoms with Crippen LogP contribution in [0.3, 0.4) is 0 Å². The monoisotopic (exact) mass is 272 g/mol. The Balaban J connectivity index is 2.91. The maximum absolute atomic E-state index is 11.0. The molecule has 1 aliphatic rings. The van der Waals surface area contributed by atoms with Crippen molar-refractivity contribution >= 4 is 26.0 Å². The highest BCUT2D eigenvalue weighted by Crippen LogP contribution is 2.40. The van der Waals surface area contributed by atoms with Gasteiger partial charge in [-0.1, -0.05) is 0 Å². The van der Waals surface area contributed by atoms with Crippen molar-refractivity contribution in [3.05, 3.63) is 0 Å². The number of hydrogen-bond acceptors (Lipinski definition) is 6. The maximum atomic E-state index is 11.0. The molecule has 1 heterocycles. The topological polar surface area (TPSA) is 96.0 Å². The number of nitrogens with zero attached hydrogens (tertiary/aromatic N) is 1. The van der Waals surface area contributed by atoms with E-state index in [-0.39, 0.29) is 4.31 Å². The molecular weight excluding hydrogens is 262 g/mol. The predicted octanol–water partition coefficient (Wildman–Crippen LogP) is -0.386. The molecule has 1 unspecified atom stereocenters. The Morgan fingerprint density at radius 3 is 2.06 bits per heavy atom. The van der Waals surface area contributed by atoms with Crippen LogP contribution in [0, 0.1) is 0 Å². The fraction of sp³-hybridized carbons (Fsp3) is 0.857. The number of carbonyl (C=O) groups is 1. The minimum absolute atomic E-state index is 0.00117. The van der Waals surface area contributed by atoms with Gasteiger partial charge in [0.1, 0.15) is 5.60 Å². The van der Waals surface area contributed by atoms with Crippen molar-refractivity contribution in [2.45, 2.75) is 32.0 Å². The van der Waals surface area contributed by atoms with Gasteiger partial charge >= 0.3 is 9.24 Å². The molecule has 1 rings (SSSR count). The minimum atomic E-state index is -4.42. The van der Waals surface area contributed by atoms with E-state index in [2.05, 4.69) is 0 Å². The second-order valence-electron chi connectivity index (χ2n) is 4.12. The smallest absolute Gasteiger partial charge is 0.322 e. The molecule has 0 radical (unpaired) electrons. The fourth-order valence-electron chi connectivity index (χ4n) is 1.07. The first-order valence-electron chi connectivity index (χ1n) is 4.30. The third-order valence-electron chi connectivity index (χ3n) is 2.62. The van der Waals surface area contributed by atoms with E-state index in [1.807, 2.05) is 0 Å². The van der Waals surface area contributed by atoms with Crippen LogP contribution in [0.15, 0.2) is 0 Å². The van der Waals surface area contributed by atoms with Crippen molar-refractivity contribution in [2.24, 2.45) is 0 Å². The van der Waals surface area contributed by atoms with Gasteiger partial charge in [-0.25, -0.2) is 14.1 Å². The number of rotatable bonds is 3. The lowest BCUT2D eigenvalue weighted by molar-refractivity contribution is -0.539. The molecule has 1 atom stereocenters. The summed E-state index contributed by atoms with van der Waals surface area (Å²) in [6.07, 6.45) is -1.91. The summed E-state index contributed by atoms with van der Waals surface area (Å²) in [5, 5.41) is 10.6. The number of halogens is 1. The standard InChI is InChI=1S/C7H12ClNO6S/c1-6(2)7(3,15-14-6)4-9(5(10)11)16(8,12)13/h4H2,1-3H3,(H,10,11)/p-1. The first-order valence-corrected chi connectivity index (χ1v) is 6.56. The zero-order valence-corrected chi connectivity index (χ0v) is 10.5. The molecule has 1 fully saturated rings. The summed E-state index contributed by atoms with van der Waals surface area (Å²) in [4.78, 5) is 20.1. The molecule has 0 aromatic rings. The molecule has 1 saturated heterocycles. The first kappa shape index (κ1) is 13.5. The third kappa shape index (κ3) is 2.24. The lowest BCUT2D eigenvalue weighted by Crippen LogP contribution is -2.67. The van der Waals surface area contributed by atoms with Crippen molar-refractivity contribution in [1.82, 2.24) is 4.31 Å². The van der Waals surface area contributed by atoms with Crippen LogP contribution in [-0.4, -0.2) is 36.6 Å². The molecule has 0 aromatic carbocycles. The van der Waals surface area contributed by atoms with E-state index in [9.17, 15) is 18.3 Å². The summed E-state index contributed by atoms with van der Waals surface area (Å²) < 4.78 is 22.0. The van der Waals surface area contributed by atoms with Gasteiger partial charge in [0.2, 0.25) is 0 Å². The van der Waals surface area contributed by atoms with Gasteiger partial charge in [-0.3, -0.25) is 0 Å². The van der Waals surface area contributed by atoms with E-state index in [1.54, 1.807) is 13.8 Å². The second-order valence-corrected chi connectivity index (χ2v) is 6.56. The Kier molecular flexibility index (Phi) is 3.14. The van der Waals surface area contributed by atoms with Crippen LogP contribution in [0.25, 0.3) is 0 Å². The van der Waals surface area contributed by atoms with Crippen LogP contribution in [0.4, 0.5) is 4.79 Å². The highest BCUT2D eigenvalue weighted by atomic mass is 35.7. The van der Waals surface area contributed by atoms with E-state index in [0.29, 0.717) is 0 Å². The SMILES string of the molecule is CC1(C)OOC1(C)CN(C(=O)[O-])S(=O)(=O)Cl. The van der Waals surface area contributed by atoms with Crippen LogP contribution in [-0.2, 0) is 19.0 Å². The molecule has 16 heavy (non-hydrogen) atoms. The second kappa shape index (κ2) is 3.73. The summed E-state index contributed by atoms with van der Waals surface area (Å²) in [5.74, 6) is 0. The average molecular weight is 273 g/mol. The van der Waals surface area contributed by atoms with Crippen LogP contribution in [0.2, 0.25) is 0 Å². The normalized spacial score (nSPS) is 28.2. The van der Waals surface area contributed by atoms with Crippen molar-refractivity contribution in [1.29, 1.82) is 0 Å². The van der Waals surface area contributed by atoms with Crippen LogP contribution in [0.5, 0.6) is 0 Å². The van der Waals surface area contributed by atoms with E-state index in [0.717, 1.165) is 0 Å². The third-order valence-corrected chi connectivity index (χ3v) is 3.92. The molecule has 0 N–H and O–H groups in total. The minimum Gasteiger partial charge on any atom is -0.529 e. The van der Waals surface area contributed by atoms with E-state index >= 15 is 0 Å². The molecule has 0 bridgehead atoms. The molecule has 0 spiro atoms. The van der Waals surface area contributed by atoms with E-state index in [1.165, 1.54) is 6.92 Å². The maximum Gasteiger partial charge on any atom is 0.322 e. The van der Waals surface area contributed by atoms with Gasteiger partial charge in [0.05, 0.1) is 6.54 Å². The molecule has 7 nitrogen and oxygen atoms in total. The summed E-state index contributed by atoms with van der Waals surface area (Å²) in [7, 11) is 0.540. The summed E-state index contributed by atoms with van der Waals surface area (Å²) >= 11 is 0. The Bertz CT molecular complexity index is 407. The van der Waals surface area contributed by atoms with Crippen molar-refractivity contribution in [3.8, 4) is 0 Å². The molecule has 1 amide bonds. The van der Waals surface area contributed by atoms with Gasteiger partial charge in [0.25, 0.3) is 0 Å². The Hall–Kier alpha value is -0.570.